The lowest BCUT2D eigenvalue weighted by molar-refractivity contribution is -0.0474. The summed E-state index contributed by atoms with van der Waals surface area (Å²) in [6.07, 6.45) is -0.438. The third-order valence-electron chi connectivity index (χ3n) is 1.88. The van der Waals surface area contributed by atoms with Crippen LogP contribution < -0.4 is 0 Å². The van der Waals surface area contributed by atoms with Crippen molar-refractivity contribution >= 4 is 0 Å². The van der Waals surface area contributed by atoms with E-state index in [0.29, 0.717) is 39.6 Å². The van der Waals surface area contributed by atoms with Gasteiger partial charge in [0, 0.05) is 6.61 Å². The standard InChI is InChI=1S/C12H26O5/c1-4-14-5-6-15-7-8-16-9-12(13)10-17-11(2)3/h11-13H,4-10H2,1-3H3. The highest BCUT2D eigenvalue weighted by Gasteiger charge is 2.05. The first-order valence-corrected chi connectivity index (χ1v) is 6.19. The molecule has 0 amide bonds. The highest BCUT2D eigenvalue weighted by Crippen LogP contribution is 1.93. The van der Waals surface area contributed by atoms with E-state index in [1.165, 1.54) is 0 Å². The molecule has 0 aliphatic carbocycles. The van der Waals surface area contributed by atoms with Crippen LogP contribution in [0, 0.1) is 0 Å². The molecule has 104 valence electrons. The topological polar surface area (TPSA) is 57.2 Å². The van der Waals surface area contributed by atoms with Gasteiger partial charge in [0.2, 0.25) is 0 Å². The molecule has 0 aromatic carbocycles. The molecule has 0 radical (unpaired) electrons. The van der Waals surface area contributed by atoms with E-state index in [0.717, 1.165) is 0 Å². The molecule has 1 N–H and O–H groups in total. The van der Waals surface area contributed by atoms with Crippen LogP contribution in [-0.4, -0.2) is 63.6 Å². The molecule has 0 saturated heterocycles. The minimum Gasteiger partial charge on any atom is -0.388 e. The Morgan fingerprint density at radius 3 is 2.06 bits per heavy atom. The second-order valence-corrected chi connectivity index (χ2v) is 3.92. The quantitative estimate of drug-likeness (QED) is 0.520. The fraction of sp³-hybridized carbons (Fsp3) is 1.00. The predicted octanol–water partition coefficient (Wildman–Crippen LogP) is 0.842. The summed E-state index contributed by atoms with van der Waals surface area (Å²) < 4.78 is 20.8. The van der Waals surface area contributed by atoms with Crippen molar-refractivity contribution in [1.82, 2.24) is 0 Å². The molecule has 5 heteroatoms. The molecular weight excluding hydrogens is 224 g/mol. The first-order chi connectivity index (χ1) is 8.16. The van der Waals surface area contributed by atoms with Gasteiger partial charge in [-0.05, 0) is 20.8 Å². The maximum atomic E-state index is 9.46. The Hall–Kier alpha value is -0.200. The van der Waals surface area contributed by atoms with Crippen LogP contribution in [0.5, 0.6) is 0 Å². The van der Waals surface area contributed by atoms with Crippen molar-refractivity contribution in [2.24, 2.45) is 0 Å². The molecule has 0 fully saturated rings. The molecule has 0 aliphatic rings. The summed E-state index contributed by atoms with van der Waals surface area (Å²) in [5, 5.41) is 9.46. The smallest absolute Gasteiger partial charge is 0.101 e. The van der Waals surface area contributed by atoms with Crippen molar-refractivity contribution in [3.05, 3.63) is 0 Å². The number of aliphatic hydroxyl groups is 1. The maximum absolute atomic E-state index is 9.46. The lowest BCUT2D eigenvalue weighted by Crippen LogP contribution is -2.24. The molecule has 0 aromatic heterocycles. The Bertz CT molecular complexity index is 152. The van der Waals surface area contributed by atoms with E-state index < -0.39 is 6.10 Å². The summed E-state index contributed by atoms with van der Waals surface area (Å²) >= 11 is 0. The van der Waals surface area contributed by atoms with Crippen molar-refractivity contribution in [1.29, 1.82) is 0 Å². The maximum Gasteiger partial charge on any atom is 0.101 e. The van der Waals surface area contributed by atoms with Gasteiger partial charge in [0.15, 0.2) is 0 Å². The van der Waals surface area contributed by atoms with Crippen LogP contribution in [0.25, 0.3) is 0 Å². The van der Waals surface area contributed by atoms with Gasteiger partial charge >= 0.3 is 0 Å². The molecule has 0 spiro atoms. The monoisotopic (exact) mass is 250 g/mol. The molecule has 0 heterocycles. The van der Waals surface area contributed by atoms with Gasteiger partial charge in [-0.15, -0.1) is 0 Å². The lowest BCUT2D eigenvalue weighted by atomic mass is 10.4. The van der Waals surface area contributed by atoms with Crippen LogP contribution in [0.3, 0.4) is 0 Å². The molecular formula is C12H26O5. The Labute approximate surface area is 104 Å². The average molecular weight is 250 g/mol. The van der Waals surface area contributed by atoms with Gasteiger partial charge in [-0.2, -0.15) is 0 Å². The third kappa shape index (κ3) is 13.7. The van der Waals surface area contributed by atoms with Crippen LogP contribution in [0.2, 0.25) is 0 Å². The van der Waals surface area contributed by atoms with Crippen molar-refractivity contribution < 1.29 is 24.1 Å². The van der Waals surface area contributed by atoms with E-state index in [4.69, 9.17) is 18.9 Å². The number of ether oxygens (including phenoxy) is 4. The Balaban J connectivity index is 3.11. The fourth-order valence-electron chi connectivity index (χ4n) is 1.05. The van der Waals surface area contributed by atoms with Gasteiger partial charge in [0.25, 0.3) is 0 Å². The fourth-order valence-corrected chi connectivity index (χ4v) is 1.05. The summed E-state index contributed by atoms with van der Waals surface area (Å²) in [5.74, 6) is 0. The Morgan fingerprint density at radius 2 is 1.47 bits per heavy atom. The Kier molecular flexibility index (Phi) is 12.1. The van der Waals surface area contributed by atoms with Crippen LogP contribution in [0.4, 0.5) is 0 Å². The molecule has 0 saturated carbocycles. The average Bonchev–Trinajstić information content (AvgIpc) is 2.30. The zero-order valence-electron chi connectivity index (χ0n) is 11.2. The molecule has 1 atom stereocenters. The molecule has 0 aliphatic heterocycles. The number of hydrogen-bond acceptors (Lipinski definition) is 5. The summed E-state index contributed by atoms with van der Waals surface area (Å²) in [4.78, 5) is 0. The van der Waals surface area contributed by atoms with E-state index in [1.807, 2.05) is 20.8 Å². The zero-order chi connectivity index (χ0) is 12.9. The van der Waals surface area contributed by atoms with Crippen LogP contribution in [-0.2, 0) is 18.9 Å². The molecule has 0 bridgehead atoms. The number of hydrogen-bond donors (Lipinski definition) is 1. The van der Waals surface area contributed by atoms with E-state index in [2.05, 4.69) is 0 Å². The lowest BCUT2D eigenvalue weighted by Gasteiger charge is -2.13. The van der Waals surface area contributed by atoms with Crippen LogP contribution in [0.1, 0.15) is 20.8 Å². The highest BCUT2D eigenvalue weighted by molar-refractivity contribution is 4.52. The first-order valence-electron chi connectivity index (χ1n) is 6.19. The number of aliphatic hydroxyl groups excluding tert-OH is 1. The molecule has 0 aromatic rings. The summed E-state index contributed by atoms with van der Waals surface area (Å²) in [5.41, 5.74) is 0. The largest absolute Gasteiger partial charge is 0.388 e. The molecule has 1 unspecified atom stereocenters. The molecule has 0 rings (SSSR count). The van der Waals surface area contributed by atoms with Gasteiger partial charge in [0.1, 0.15) is 6.10 Å². The summed E-state index contributed by atoms with van der Waals surface area (Å²) in [7, 11) is 0. The van der Waals surface area contributed by atoms with Gasteiger partial charge in [0.05, 0.1) is 45.7 Å². The normalized spacial score (nSPS) is 13.2. The van der Waals surface area contributed by atoms with E-state index in [1.54, 1.807) is 0 Å². The predicted molar refractivity (Wildman–Crippen MR) is 65.2 cm³/mol. The first kappa shape index (κ1) is 16.8. The van der Waals surface area contributed by atoms with Crippen molar-refractivity contribution in [3.8, 4) is 0 Å². The Morgan fingerprint density at radius 1 is 0.882 bits per heavy atom. The zero-order valence-corrected chi connectivity index (χ0v) is 11.2. The van der Waals surface area contributed by atoms with Crippen LogP contribution >= 0.6 is 0 Å². The van der Waals surface area contributed by atoms with E-state index >= 15 is 0 Å². The highest BCUT2D eigenvalue weighted by atomic mass is 16.5. The summed E-state index contributed by atoms with van der Waals surface area (Å²) in [6, 6.07) is 0. The minimum absolute atomic E-state index is 0.131. The van der Waals surface area contributed by atoms with Gasteiger partial charge in [-0.3, -0.25) is 0 Å². The number of rotatable bonds is 12. The van der Waals surface area contributed by atoms with Crippen LogP contribution in [0.15, 0.2) is 0 Å². The summed E-state index contributed by atoms with van der Waals surface area (Å²) in [6.45, 7) is 9.29. The third-order valence-corrected chi connectivity index (χ3v) is 1.88. The second kappa shape index (κ2) is 12.3. The van der Waals surface area contributed by atoms with Crippen molar-refractivity contribution in [2.45, 2.75) is 33.0 Å². The van der Waals surface area contributed by atoms with Gasteiger partial charge < -0.3 is 24.1 Å². The minimum atomic E-state index is -0.569. The van der Waals surface area contributed by atoms with Crippen molar-refractivity contribution in [3.63, 3.8) is 0 Å². The molecule has 5 nitrogen and oxygen atoms in total. The van der Waals surface area contributed by atoms with Crippen molar-refractivity contribution in [2.75, 3.05) is 46.2 Å². The molecule has 17 heavy (non-hydrogen) atoms. The van der Waals surface area contributed by atoms with Gasteiger partial charge in [-0.25, -0.2) is 0 Å². The van der Waals surface area contributed by atoms with E-state index in [9.17, 15) is 5.11 Å². The SMILES string of the molecule is CCOCCOCCOCC(O)COC(C)C. The second-order valence-electron chi connectivity index (χ2n) is 3.92. The van der Waals surface area contributed by atoms with Gasteiger partial charge in [-0.1, -0.05) is 0 Å². The van der Waals surface area contributed by atoms with E-state index in [-0.39, 0.29) is 12.7 Å².